The van der Waals surface area contributed by atoms with E-state index in [1.807, 2.05) is 11.3 Å². The van der Waals surface area contributed by atoms with E-state index in [0.29, 0.717) is 4.83 Å². The Morgan fingerprint density at radius 2 is 2.20 bits per heavy atom. The fourth-order valence-corrected chi connectivity index (χ4v) is 4.38. The summed E-state index contributed by atoms with van der Waals surface area (Å²) in [4.78, 5) is 0.491. The molecule has 2 aromatic rings. The van der Waals surface area contributed by atoms with Crippen molar-refractivity contribution in [3.8, 4) is 0 Å². The molecule has 0 aliphatic heterocycles. The molecule has 0 N–H and O–H groups in total. The molecule has 0 fully saturated rings. The SMILES string of the molecule is CCCC(Br)c1csc2c(Br)cccc12. The van der Waals surface area contributed by atoms with Crippen molar-refractivity contribution >= 4 is 53.3 Å². The average molecular weight is 348 g/mol. The zero-order valence-electron chi connectivity index (χ0n) is 8.47. The number of halogens is 2. The molecule has 3 heteroatoms. The highest BCUT2D eigenvalue weighted by Crippen LogP contribution is 2.39. The van der Waals surface area contributed by atoms with Crippen LogP contribution in [0.25, 0.3) is 10.1 Å². The van der Waals surface area contributed by atoms with Gasteiger partial charge in [-0.25, -0.2) is 0 Å². The summed E-state index contributed by atoms with van der Waals surface area (Å²) in [5, 5.41) is 3.65. The molecule has 1 heterocycles. The summed E-state index contributed by atoms with van der Waals surface area (Å²) in [6.07, 6.45) is 2.40. The quantitative estimate of drug-likeness (QED) is 0.606. The molecular formula is C12H12Br2S. The van der Waals surface area contributed by atoms with Crippen molar-refractivity contribution in [2.75, 3.05) is 0 Å². The third kappa shape index (κ3) is 2.29. The molecule has 0 aliphatic carbocycles. The highest BCUT2D eigenvalue weighted by molar-refractivity contribution is 9.10. The van der Waals surface area contributed by atoms with Crippen LogP contribution >= 0.6 is 43.2 Å². The Morgan fingerprint density at radius 1 is 1.40 bits per heavy atom. The Kier molecular flexibility index (Phi) is 3.86. The molecule has 1 aromatic carbocycles. The maximum Gasteiger partial charge on any atom is 0.0488 e. The smallest absolute Gasteiger partial charge is 0.0488 e. The molecule has 15 heavy (non-hydrogen) atoms. The molecule has 2 rings (SSSR count). The molecule has 0 radical (unpaired) electrons. The van der Waals surface area contributed by atoms with Gasteiger partial charge in [-0.05, 0) is 44.7 Å². The van der Waals surface area contributed by atoms with E-state index < -0.39 is 0 Å². The monoisotopic (exact) mass is 346 g/mol. The van der Waals surface area contributed by atoms with Gasteiger partial charge < -0.3 is 0 Å². The van der Waals surface area contributed by atoms with Crippen molar-refractivity contribution in [3.05, 3.63) is 33.6 Å². The second-order valence-electron chi connectivity index (χ2n) is 3.56. The van der Waals surface area contributed by atoms with E-state index in [9.17, 15) is 0 Å². The maximum absolute atomic E-state index is 3.76. The van der Waals surface area contributed by atoms with Crippen LogP contribution in [0.15, 0.2) is 28.1 Å². The molecule has 0 saturated heterocycles. The van der Waals surface area contributed by atoms with Crippen molar-refractivity contribution in [1.29, 1.82) is 0 Å². The van der Waals surface area contributed by atoms with Crippen molar-refractivity contribution in [2.45, 2.75) is 24.6 Å². The molecule has 1 unspecified atom stereocenters. The fraction of sp³-hybridized carbons (Fsp3) is 0.333. The fourth-order valence-electron chi connectivity index (χ4n) is 1.69. The molecular weight excluding hydrogens is 336 g/mol. The predicted octanol–water partition coefficient (Wildman–Crippen LogP) is 5.90. The third-order valence-corrected chi connectivity index (χ3v) is 5.38. The van der Waals surface area contributed by atoms with E-state index in [1.165, 1.54) is 33.0 Å². The molecule has 0 saturated carbocycles. The third-order valence-electron chi connectivity index (χ3n) is 2.46. The van der Waals surface area contributed by atoms with E-state index >= 15 is 0 Å². The van der Waals surface area contributed by atoms with Crippen LogP contribution in [0.1, 0.15) is 30.2 Å². The van der Waals surface area contributed by atoms with Crippen molar-refractivity contribution in [2.24, 2.45) is 0 Å². The number of alkyl halides is 1. The van der Waals surface area contributed by atoms with Crippen LogP contribution in [0.4, 0.5) is 0 Å². The van der Waals surface area contributed by atoms with Gasteiger partial charge in [-0.3, -0.25) is 0 Å². The second kappa shape index (κ2) is 4.98. The second-order valence-corrected chi connectivity index (χ2v) is 6.40. The Morgan fingerprint density at radius 3 is 2.93 bits per heavy atom. The summed E-state index contributed by atoms with van der Waals surface area (Å²) in [7, 11) is 0. The molecule has 0 nitrogen and oxygen atoms in total. The van der Waals surface area contributed by atoms with Crippen molar-refractivity contribution in [3.63, 3.8) is 0 Å². The lowest BCUT2D eigenvalue weighted by molar-refractivity contribution is 0.794. The van der Waals surface area contributed by atoms with Gasteiger partial charge in [0.05, 0.1) is 0 Å². The van der Waals surface area contributed by atoms with E-state index in [-0.39, 0.29) is 0 Å². The first-order valence-corrected chi connectivity index (χ1v) is 7.62. The van der Waals surface area contributed by atoms with Gasteiger partial charge in [-0.1, -0.05) is 41.4 Å². The average Bonchev–Trinajstić information content (AvgIpc) is 2.63. The highest BCUT2D eigenvalue weighted by Gasteiger charge is 2.12. The molecule has 0 aliphatic rings. The summed E-state index contributed by atoms with van der Waals surface area (Å²) >= 11 is 9.17. The van der Waals surface area contributed by atoms with Crippen molar-refractivity contribution < 1.29 is 0 Å². The van der Waals surface area contributed by atoms with E-state index in [0.717, 1.165) is 0 Å². The number of benzene rings is 1. The first-order valence-electron chi connectivity index (χ1n) is 5.03. The molecule has 1 aromatic heterocycles. The van der Waals surface area contributed by atoms with Gasteiger partial charge in [0.25, 0.3) is 0 Å². The number of hydrogen-bond acceptors (Lipinski definition) is 1. The lowest BCUT2D eigenvalue weighted by Crippen LogP contribution is -1.86. The van der Waals surface area contributed by atoms with Crippen LogP contribution in [-0.2, 0) is 0 Å². The van der Waals surface area contributed by atoms with Crippen molar-refractivity contribution in [1.82, 2.24) is 0 Å². The largest absolute Gasteiger partial charge is 0.142 e. The topological polar surface area (TPSA) is 0 Å². The Balaban J connectivity index is 2.49. The van der Waals surface area contributed by atoms with Crippen LogP contribution in [0, 0.1) is 0 Å². The minimum Gasteiger partial charge on any atom is -0.142 e. The van der Waals surface area contributed by atoms with Gasteiger partial charge in [0.2, 0.25) is 0 Å². The summed E-state index contributed by atoms with van der Waals surface area (Å²) in [6.45, 7) is 2.22. The van der Waals surface area contributed by atoms with Crippen LogP contribution in [0.2, 0.25) is 0 Å². The number of fused-ring (bicyclic) bond motifs is 1. The Labute approximate surface area is 111 Å². The lowest BCUT2D eigenvalue weighted by Gasteiger charge is -2.06. The number of thiophene rings is 1. The van der Waals surface area contributed by atoms with Crippen LogP contribution in [-0.4, -0.2) is 0 Å². The zero-order valence-corrected chi connectivity index (χ0v) is 12.5. The Bertz CT molecular complexity index is 462. The first kappa shape index (κ1) is 11.6. The summed E-state index contributed by atoms with van der Waals surface area (Å²) in [5.41, 5.74) is 1.43. The zero-order chi connectivity index (χ0) is 10.8. The molecule has 0 amide bonds. The number of hydrogen-bond donors (Lipinski definition) is 0. The van der Waals surface area contributed by atoms with Gasteiger partial charge in [-0.2, -0.15) is 0 Å². The normalized spacial score (nSPS) is 13.3. The van der Waals surface area contributed by atoms with Crippen LogP contribution in [0.5, 0.6) is 0 Å². The van der Waals surface area contributed by atoms with Crippen LogP contribution < -0.4 is 0 Å². The predicted molar refractivity (Wildman–Crippen MR) is 76.1 cm³/mol. The van der Waals surface area contributed by atoms with E-state index in [1.54, 1.807) is 0 Å². The van der Waals surface area contributed by atoms with E-state index in [2.05, 4.69) is 62.4 Å². The maximum atomic E-state index is 3.76. The van der Waals surface area contributed by atoms with Gasteiger partial charge >= 0.3 is 0 Å². The minimum atomic E-state index is 0.491. The number of rotatable bonds is 3. The summed E-state index contributed by atoms with van der Waals surface area (Å²) < 4.78 is 2.56. The summed E-state index contributed by atoms with van der Waals surface area (Å²) in [6, 6.07) is 6.41. The van der Waals surface area contributed by atoms with E-state index in [4.69, 9.17) is 0 Å². The van der Waals surface area contributed by atoms with Gasteiger partial charge in [0.1, 0.15) is 0 Å². The lowest BCUT2D eigenvalue weighted by atomic mass is 10.1. The summed E-state index contributed by atoms with van der Waals surface area (Å²) in [5.74, 6) is 0. The molecule has 0 spiro atoms. The van der Waals surface area contributed by atoms with Gasteiger partial charge in [0, 0.05) is 14.0 Å². The molecule has 1 atom stereocenters. The highest BCUT2D eigenvalue weighted by atomic mass is 79.9. The standard InChI is InChI=1S/C12H12Br2S/c1-2-4-10(13)9-7-15-12-8(9)5-3-6-11(12)14/h3,5-7,10H,2,4H2,1H3. The first-order chi connectivity index (χ1) is 7.24. The molecule has 0 bridgehead atoms. The van der Waals surface area contributed by atoms with Gasteiger partial charge in [-0.15, -0.1) is 11.3 Å². The van der Waals surface area contributed by atoms with Crippen LogP contribution in [0.3, 0.4) is 0 Å². The minimum absolute atomic E-state index is 0.491. The van der Waals surface area contributed by atoms with Gasteiger partial charge in [0.15, 0.2) is 0 Å². The molecule has 80 valence electrons. The Hall–Kier alpha value is 0.140.